The number of benzene rings is 1. The molecular weight excluding hydrogens is 276 g/mol. The van der Waals surface area contributed by atoms with Gasteiger partial charge in [0, 0.05) is 4.90 Å². The Kier molecular flexibility index (Phi) is 5.29. The van der Waals surface area contributed by atoms with Crippen molar-refractivity contribution in [3.63, 3.8) is 0 Å². The molecule has 0 atom stereocenters. The Balaban J connectivity index is 1.74. The van der Waals surface area contributed by atoms with Crippen LogP contribution in [0.4, 0.5) is 4.79 Å². The minimum absolute atomic E-state index is 0.255. The summed E-state index contributed by atoms with van der Waals surface area (Å²) in [5, 5.41) is 0. The molecule has 20 heavy (non-hydrogen) atoms. The number of carbonyl (C=O) groups is 2. The van der Waals surface area contributed by atoms with Crippen LogP contribution in [0, 0.1) is 0 Å². The van der Waals surface area contributed by atoms with Crippen LogP contribution in [0.5, 0.6) is 0 Å². The lowest BCUT2D eigenvalue weighted by atomic mass is 10.1. The normalized spacial score (nSPS) is 12.7. The summed E-state index contributed by atoms with van der Waals surface area (Å²) in [4.78, 5) is 23.6. The summed E-state index contributed by atoms with van der Waals surface area (Å²) in [5.41, 5.74) is 7.30. The second-order valence-corrected chi connectivity index (χ2v) is 5.52. The van der Waals surface area contributed by atoms with Gasteiger partial charge in [0.2, 0.25) is 5.91 Å². The maximum atomic E-state index is 11.6. The molecule has 0 aliphatic heterocycles. The lowest BCUT2D eigenvalue weighted by molar-refractivity contribution is -0.119. The van der Waals surface area contributed by atoms with Gasteiger partial charge in [-0.1, -0.05) is 6.07 Å². The van der Waals surface area contributed by atoms with Gasteiger partial charge < -0.3 is 4.74 Å². The number of hydrazine groups is 1. The van der Waals surface area contributed by atoms with E-state index in [1.165, 1.54) is 29.3 Å². The molecule has 0 saturated carbocycles. The molecule has 0 radical (unpaired) electrons. The lowest BCUT2D eigenvalue weighted by Gasteiger charge is -2.07. The fourth-order valence-electron chi connectivity index (χ4n) is 2.11. The minimum Gasteiger partial charge on any atom is -0.449 e. The van der Waals surface area contributed by atoms with Crippen LogP contribution < -0.4 is 10.9 Å². The summed E-state index contributed by atoms with van der Waals surface area (Å²) < 4.78 is 4.63. The fraction of sp³-hybridized carbons (Fsp3) is 0.429. The van der Waals surface area contributed by atoms with E-state index in [4.69, 9.17) is 0 Å². The van der Waals surface area contributed by atoms with Crippen molar-refractivity contribution in [3.8, 4) is 0 Å². The molecule has 0 aromatic heterocycles. The Morgan fingerprint density at radius 2 is 2.05 bits per heavy atom. The van der Waals surface area contributed by atoms with Crippen LogP contribution in [-0.2, 0) is 22.4 Å². The zero-order chi connectivity index (χ0) is 14.4. The molecule has 0 saturated heterocycles. The molecular formula is C14H18N2O3S. The number of rotatable bonds is 4. The summed E-state index contributed by atoms with van der Waals surface area (Å²) >= 11 is 1.46. The number of ether oxygens (including phenoxy) is 1. The smallest absolute Gasteiger partial charge is 0.426 e. The first-order valence-corrected chi connectivity index (χ1v) is 7.64. The van der Waals surface area contributed by atoms with Crippen LogP contribution in [0.2, 0.25) is 0 Å². The van der Waals surface area contributed by atoms with Crippen molar-refractivity contribution in [3.05, 3.63) is 29.3 Å². The van der Waals surface area contributed by atoms with E-state index in [2.05, 4.69) is 27.7 Å². The highest BCUT2D eigenvalue weighted by Gasteiger charge is 2.11. The lowest BCUT2D eigenvalue weighted by Crippen LogP contribution is -2.42. The Hall–Kier alpha value is -1.69. The number of aryl methyl sites for hydroxylation is 2. The summed E-state index contributed by atoms with van der Waals surface area (Å²) in [7, 11) is 0. The van der Waals surface area contributed by atoms with Crippen molar-refractivity contribution in [2.45, 2.75) is 31.1 Å². The van der Waals surface area contributed by atoms with Gasteiger partial charge in [0.05, 0.1) is 12.4 Å². The first-order chi connectivity index (χ1) is 9.69. The average molecular weight is 294 g/mol. The van der Waals surface area contributed by atoms with Crippen molar-refractivity contribution < 1.29 is 14.3 Å². The molecule has 0 fully saturated rings. The van der Waals surface area contributed by atoms with E-state index in [1.807, 2.05) is 6.07 Å². The number of fused-ring (bicyclic) bond motifs is 1. The predicted molar refractivity (Wildman–Crippen MR) is 77.5 cm³/mol. The molecule has 2 N–H and O–H groups in total. The monoisotopic (exact) mass is 294 g/mol. The van der Waals surface area contributed by atoms with Crippen LogP contribution in [0.25, 0.3) is 0 Å². The molecule has 2 amide bonds. The van der Waals surface area contributed by atoms with E-state index >= 15 is 0 Å². The van der Waals surface area contributed by atoms with E-state index in [0.717, 1.165) is 17.7 Å². The maximum absolute atomic E-state index is 11.6. The number of carbonyl (C=O) groups excluding carboxylic acids is 2. The van der Waals surface area contributed by atoms with Gasteiger partial charge in [0.1, 0.15) is 0 Å². The van der Waals surface area contributed by atoms with Crippen molar-refractivity contribution >= 4 is 23.8 Å². The summed E-state index contributed by atoms with van der Waals surface area (Å²) in [6.45, 7) is 1.97. The molecule has 0 bridgehead atoms. The molecule has 1 aliphatic carbocycles. The zero-order valence-electron chi connectivity index (χ0n) is 11.4. The molecule has 1 aromatic carbocycles. The molecule has 1 aromatic rings. The summed E-state index contributed by atoms with van der Waals surface area (Å²) in [6.07, 6.45) is 2.85. The second-order valence-electron chi connectivity index (χ2n) is 4.47. The van der Waals surface area contributed by atoms with Gasteiger partial charge in [-0.15, -0.1) is 11.8 Å². The molecule has 2 rings (SSSR count). The second kappa shape index (κ2) is 7.19. The number of hydrogen-bond donors (Lipinski definition) is 2. The van der Waals surface area contributed by atoms with Gasteiger partial charge in [-0.05, 0) is 49.4 Å². The van der Waals surface area contributed by atoms with E-state index in [9.17, 15) is 9.59 Å². The fourth-order valence-corrected chi connectivity index (χ4v) is 2.87. The molecule has 5 nitrogen and oxygen atoms in total. The van der Waals surface area contributed by atoms with Gasteiger partial charge in [-0.3, -0.25) is 10.2 Å². The third-order valence-corrected chi connectivity index (χ3v) is 4.01. The third-order valence-electron chi connectivity index (χ3n) is 3.02. The SMILES string of the molecule is CCOC(=O)NNC(=O)CSc1ccc2c(c1)CCC2. The summed E-state index contributed by atoms with van der Waals surface area (Å²) in [6, 6.07) is 6.33. The molecule has 0 spiro atoms. The van der Waals surface area contributed by atoms with Crippen LogP contribution in [0.1, 0.15) is 24.5 Å². The minimum atomic E-state index is -0.650. The van der Waals surface area contributed by atoms with Crippen LogP contribution in [-0.4, -0.2) is 24.4 Å². The topological polar surface area (TPSA) is 67.4 Å². The average Bonchev–Trinajstić information content (AvgIpc) is 2.90. The molecule has 108 valence electrons. The Morgan fingerprint density at radius 3 is 2.85 bits per heavy atom. The van der Waals surface area contributed by atoms with Crippen molar-refractivity contribution in [2.75, 3.05) is 12.4 Å². The van der Waals surface area contributed by atoms with Crippen LogP contribution in [0.15, 0.2) is 23.1 Å². The van der Waals surface area contributed by atoms with Gasteiger partial charge in [-0.2, -0.15) is 0 Å². The van der Waals surface area contributed by atoms with Crippen LogP contribution in [0.3, 0.4) is 0 Å². The van der Waals surface area contributed by atoms with E-state index in [0.29, 0.717) is 0 Å². The molecule has 0 unspecified atom stereocenters. The number of nitrogens with one attached hydrogen (secondary N) is 2. The van der Waals surface area contributed by atoms with Gasteiger partial charge >= 0.3 is 6.09 Å². The molecule has 1 aliphatic rings. The maximum Gasteiger partial charge on any atom is 0.426 e. The zero-order valence-corrected chi connectivity index (χ0v) is 12.2. The van der Waals surface area contributed by atoms with Crippen LogP contribution >= 0.6 is 11.8 Å². The van der Waals surface area contributed by atoms with Gasteiger partial charge in [0.25, 0.3) is 0 Å². The Morgan fingerprint density at radius 1 is 1.25 bits per heavy atom. The number of amides is 2. The van der Waals surface area contributed by atoms with E-state index < -0.39 is 6.09 Å². The van der Waals surface area contributed by atoms with Gasteiger partial charge in [0.15, 0.2) is 0 Å². The summed E-state index contributed by atoms with van der Waals surface area (Å²) in [5.74, 6) is -0.00545. The predicted octanol–water partition coefficient (Wildman–Crippen LogP) is 2.04. The molecule has 0 heterocycles. The number of hydrogen-bond acceptors (Lipinski definition) is 4. The van der Waals surface area contributed by atoms with Crippen molar-refractivity contribution in [1.29, 1.82) is 0 Å². The van der Waals surface area contributed by atoms with E-state index in [1.54, 1.807) is 6.92 Å². The standard InChI is InChI=1S/C14H18N2O3S/c1-2-19-14(18)16-15-13(17)9-20-12-7-6-10-4-3-5-11(10)8-12/h6-8H,2-5,9H2,1H3,(H,15,17)(H,16,18). The van der Waals surface area contributed by atoms with Crippen molar-refractivity contribution in [1.82, 2.24) is 10.9 Å². The van der Waals surface area contributed by atoms with E-state index in [-0.39, 0.29) is 18.3 Å². The first kappa shape index (κ1) is 14.7. The highest BCUT2D eigenvalue weighted by Crippen LogP contribution is 2.27. The molecule has 6 heteroatoms. The Bertz CT molecular complexity index is 505. The highest BCUT2D eigenvalue weighted by atomic mass is 32.2. The highest BCUT2D eigenvalue weighted by molar-refractivity contribution is 8.00. The Labute approximate surface area is 122 Å². The third kappa shape index (κ3) is 4.16. The van der Waals surface area contributed by atoms with Crippen molar-refractivity contribution in [2.24, 2.45) is 0 Å². The first-order valence-electron chi connectivity index (χ1n) is 6.65. The van der Waals surface area contributed by atoms with Gasteiger partial charge in [-0.25, -0.2) is 10.2 Å². The number of thioether (sulfide) groups is 1. The quantitative estimate of drug-likeness (QED) is 0.659. The largest absolute Gasteiger partial charge is 0.449 e.